The molecule has 132 valence electrons. The lowest BCUT2D eigenvalue weighted by Crippen LogP contribution is -2.59. The van der Waals surface area contributed by atoms with Crippen molar-refractivity contribution in [3.05, 3.63) is 35.9 Å². The van der Waals surface area contributed by atoms with E-state index < -0.39 is 6.10 Å². The molecule has 2 aliphatic rings. The minimum Gasteiger partial charge on any atom is -0.391 e. The van der Waals surface area contributed by atoms with Gasteiger partial charge in [-0.25, -0.2) is 0 Å². The Morgan fingerprint density at radius 3 is 2.67 bits per heavy atom. The second-order valence-corrected chi connectivity index (χ2v) is 7.08. The number of nitrogens with one attached hydrogen (secondary N) is 3. The van der Waals surface area contributed by atoms with E-state index in [4.69, 9.17) is 0 Å². The zero-order valence-electron chi connectivity index (χ0n) is 14.2. The molecule has 1 aromatic carbocycles. The standard InChI is InChI=1S/C19H29N3O2/c23-16(12-14-4-2-1-3-5-14)13-21-17-6-7-18(24)22-19(17)15-8-10-20-11-9-15/h1-5,15-17,19-21,23H,6-13H2,(H,22,24)/t16?,17-,19+/m1/s1. The van der Waals surface area contributed by atoms with Gasteiger partial charge in [0, 0.05) is 25.0 Å². The van der Waals surface area contributed by atoms with Crippen LogP contribution in [0.5, 0.6) is 0 Å². The zero-order valence-corrected chi connectivity index (χ0v) is 14.2. The molecule has 0 aromatic heterocycles. The summed E-state index contributed by atoms with van der Waals surface area (Å²) in [6.45, 7) is 2.62. The van der Waals surface area contributed by atoms with Gasteiger partial charge < -0.3 is 21.1 Å². The van der Waals surface area contributed by atoms with Gasteiger partial charge in [0.05, 0.1) is 6.10 Å². The number of piperidine rings is 2. The summed E-state index contributed by atoms with van der Waals surface area (Å²) in [4.78, 5) is 11.8. The second-order valence-electron chi connectivity index (χ2n) is 7.08. The lowest BCUT2D eigenvalue weighted by molar-refractivity contribution is -0.124. The van der Waals surface area contributed by atoms with Crippen LogP contribution in [0.1, 0.15) is 31.2 Å². The van der Waals surface area contributed by atoms with Gasteiger partial charge >= 0.3 is 0 Å². The second kappa shape index (κ2) is 8.60. The third kappa shape index (κ3) is 4.79. The molecule has 2 aliphatic heterocycles. The van der Waals surface area contributed by atoms with Crippen LogP contribution in [0.15, 0.2) is 30.3 Å². The topological polar surface area (TPSA) is 73.4 Å². The molecule has 0 spiro atoms. The predicted molar refractivity (Wildman–Crippen MR) is 94.7 cm³/mol. The highest BCUT2D eigenvalue weighted by atomic mass is 16.3. The van der Waals surface area contributed by atoms with Crippen LogP contribution in [-0.2, 0) is 11.2 Å². The van der Waals surface area contributed by atoms with Gasteiger partial charge in [0.15, 0.2) is 0 Å². The van der Waals surface area contributed by atoms with Crippen molar-refractivity contribution in [3.63, 3.8) is 0 Å². The zero-order chi connectivity index (χ0) is 16.8. The highest BCUT2D eigenvalue weighted by Crippen LogP contribution is 2.23. The van der Waals surface area contributed by atoms with Crippen LogP contribution in [0.3, 0.4) is 0 Å². The molecule has 5 heteroatoms. The SMILES string of the molecule is O=C1CC[C@@H](NCC(O)Cc2ccccc2)[C@H](C2CCNCC2)N1. The van der Waals surface area contributed by atoms with Crippen molar-refractivity contribution < 1.29 is 9.90 Å². The first-order valence-electron chi connectivity index (χ1n) is 9.18. The summed E-state index contributed by atoms with van der Waals surface area (Å²) in [5.41, 5.74) is 1.15. The Labute approximate surface area is 144 Å². The summed E-state index contributed by atoms with van der Waals surface area (Å²) in [7, 11) is 0. The largest absolute Gasteiger partial charge is 0.391 e. The van der Waals surface area contributed by atoms with E-state index in [2.05, 4.69) is 16.0 Å². The number of amides is 1. The van der Waals surface area contributed by atoms with Crippen LogP contribution in [0.4, 0.5) is 0 Å². The Morgan fingerprint density at radius 2 is 1.92 bits per heavy atom. The van der Waals surface area contributed by atoms with E-state index in [1.807, 2.05) is 30.3 Å². The Morgan fingerprint density at radius 1 is 1.17 bits per heavy atom. The molecule has 0 saturated carbocycles. The summed E-state index contributed by atoms with van der Waals surface area (Å²) in [5, 5.41) is 20.4. The average Bonchev–Trinajstić information content (AvgIpc) is 2.62. The highest BCUT2D eigenvalue weighted by Gasteiger charge is 2.34. The summed E-state index contributed by atoms with van der Waals surface area (Å²) < 4.78 is 0. The maximum absolute atomic E-state index is 11.8. The summed E-state index contributed by atoms with van der Waals surface area (Å²) in [6.07, 6.45) is 3.90. The molecular formula is C19H29N3O2. The lowest BCUT2D eigenvalue weighted by Gasteiger charge is -2.40. The molecule has 3 atom stereocenters. The first kappa shape index (κ1) is 17.4. The van der Waals surface area contributed by atoms with Gasteiger partial charge in [-0.3, -0.25) is 4.79 Å². The molecule has 24 heavy (non-hydrogen) atoms. The average molecular weight is 331 g/mol. The lowest BCUT2D eigenvalue weighted by atomic mass is 9.82. The Balaban J connectivity index is 1.52. The Hall–Kier alpha value is -1.43. The number of benzene rings is 1. The monoisotopic (exact) mass is 331 g/mol. The smallest absolute Gasteiger partial charge is 0.220 e. The van der Waals surface area contributed by atoms with Crippen molar-refractivity contribution in [2.75, 3.05) is 19.6 Å². The van der Waals surface area contributed by atoms with E-state index in [0.717, 1.165) is 37.9 Å². The number of hydrogen-bond acceptors (Lipinski definition) is 4. The van der Waals surface area contributed by atoms with Crippen LogP contribution >= 0.6 is 0 Å². The molecule has 2 heterocycles. The van der Waals surface area contributed by atoms with Crippen molar-refractivity contribution in [2.45, 2.75) is 50.3 Å². The number of carbonyl (C=O) groups is 1. The fraction of sp³-hybridized carbons (Fsp3) is 0.632. The van der Waals surface area contributed by atoms with Gasteiger partial charge in [0.25, 0.3) is 0 Å². The first-order valence-corrected chi connectivity index (χ1v) is 9.18. The van der Waals surface area contributed by atoms with Crippen molar-refractivity contribution in [3.8, 4) is 0 Å². The molecule has 2 fully saturated rings. The molecule has 1 amide bonds. The fourth-order valence-corrected chi connectivity index (χ4v) is 3.95. The third-order valence-corrected chi connectivity index (χ3v) is 5.27. The molecular weight excluding hydrogens is 302 g/mol. The van der Waals surface area contributed by atoms with Crippen molar-refractivity contribution in [2.24, 2.45) is 5.92 Å². The number of aliphatic hydroxyl groups excluding tert-OH is 1. The minimum absolute atomic E-state index is 0.168. The molecule has 1 unspecified atom stereocenters. The number of hydrogen-bond donors (Lipinski definition) is 4. The van der Waals surface area contributed by atoms with Crippen LogP contribution in [0.25, 0.3) is 0 Å². The van der Waals surface area contributed by atoms with Gasteiger partial charge in [-0.2, -0.15) is 0 Å². The summed E-state index contributed by atoms with van der Waals surface area (Å²) >= 11 is 0. The van der Waals surface area contributed by atoms with Crippen molar-refractivity contribution in [1.29, 1.82) is 0 Å². The van der Waals surface area contributed by atoms with Crippen LogP contribution in [0.2, 0.25) is 0 Å². The summed E-state index contributed by atoms with van der Waals surface area (Å²) in [5.74, 6) is 0.695. The van der Waals surface area contributed by atoms with Crippen LogP contribution in [0, 0.1) is 5.92 Å². The van der Waals surface area contributed by atoms with Crippen LogP contribution in [-0.4, -0.2) is 48.8 Å². The Kier molecular flexibility index (Phi) is 6.24. The maximum Gasteiger partial charge on any atom is 0.220 e. The van der Waals surface area contributed by atoms with Gasteiger partial charge in [-0.1, -0.05) is 30.3 Å². The third-order valence-electron chi connectivity index (χ3n) is 5.27. The number of rotatable bonds is 6. The van der Waals surface area contributed by atoms with Gasteiger partial charge in [-0.15, -0.1) is 0 Å². The molecule has 1 aromatic rings. The minimum atomic E-state index is -0.404. The molecule has 0 aliphatic carbocycles. The van der Waals surface area contributed by atoms with E-state index in [-0.39, 0.29) is 18.0 Å². The van der Waals surface area contributed by atoms with Gasteiger partial charge in [0.1, 0.15) is 0 Å². The van der Waals surface area contributed by atoms with E-state index in [1.165, 1.54) is 0 Å². The van der Waals surface area contributed by atoms with Crippen LogP contribution < -0.4 is 16.0 Å². The van der Waals surface area contributed by atoms with E-state index in [9.17, 15) is 9.90 Å². The Bertz CT molecular complexity index is 517. The molecule has 5 nitrogen and oxygen atoms in total. The molecule has 0 radical (unpaired) electrons. The van der Waals surface area contributed by atoms with Gasteiger partial charge in [0.2, 0.25) is 5.91 Å². The predicted octanol–water partition coefficient (Wildman–Crippen LogP) is 0.826. The fourth-order valence-electron chi connectivity index (χ4n) is 3.95. The molecule has 4 N–H and O–H groups in total. The first-order chi connectivity index (χ1) is 11.7. The quantitative estimate of drug-likeness (QED) is 0.623. The van der Waals surface area contributed by atoms with Crippen molar-refractivity contribution >= 4 is 5.91 Å². The molecule has 0 bridgehead atoms. The normalized spacial score (nSPS) is 26.8. The van der Waals surface area contributed by atoms with E-state index >= 15 is 0 Å². The van der Waals surface area contributed by atoms with Gasteiger partial charge in [-0.05, 0) is 50.3 Å². The summed E-state index contributed by atoms with van der Waals surface area (Å²) in [6, 6.07) is 10.5. The van der Waals surface area contributed by atoms with E-state index in [1.54, 1.807) is 0 Å². The van der Waals surface area contributed by atoms with E-state index in [0.29, 0.717) is 25.3 Å². The number of carbonyl (C=O) groups excluding carboxylic acids is 1. The highest BCUT2D eigenvalue weighted by molar-refractivity contribution is 5.77. The van der Waals surface area contributed by atoms with Crippen molar-refractivity contribution in [1.82, 2.24) is 16.0 Å². The number of aliphatic hydroxyl groups is 1. The maximum atomic E-state index is 11.8. The molecule has 3 rings (SSSR count). The molecule has 2 saturated heterocycles.